The molecule has 19 aromatic rings. The fourth-order valence-electron chi connectivity index (χ4n) is 15.8. The molecule has 2 aliphatic rings. The third kappa shape index (κ3) is 7.15. The molecule has 0 fully saturated rings. The fraction of sp³-hybridized carbons (Fsp3) is 0. The summed E-state index contributed by atoms with van der Waals surface area (Å²) in [6.07, 6.45) is 7.68. The normalized spacial score (nSPS) is 13.0. The first kappa shape index (κ1) is 51.6. The van der Waals surface area contributed by atoms with Crippen LogP contribution in [0.4, 0.5) is 68.2 Å². The van der Waals surface area contributed by atoms with Crippen molar-refractivity contribution in [3.63, 3.8) is 0 Å². The minimum Gasteiger partial charge on any atom is -0.308 e. The Hall–Kier alpha value is -12.1. The van der Waals surface area contributed by atoms with E-state index in [2.05, 4.69) is 296 Å². The Bertz CT molecular complexity index is 5980. The number of hydrogen-bond donors (Lipinski definition) is 0. The van der Waals surface area contributed by atoms with Crippen molar-refractivity contribution >= 4 is 196 Å². The molecule has 0 saturated carbocycles. The highest BCUT2D eigenvalue weighted by atomic mass is 32.1. The lowest BCUT2D eigenvalue weighted by molar-refractivity contribution is 1.13. The van der Waals surface area contributed by atoms with E-state index in [1.807, 2.05) is 59.6 Å². The molecule has 8 heterocycles. The van der Waals surface area contributed by atoms with E-state index in [1.165, 1.54) is 51.1 Å². The number of fused-ring (bicyclic) bond motifs is 18. The lowest BCUT2D eigenvalue weighted by Crippen LogP contribution is -2.26. The van der Waals surface area contributed by atoms with Gasteiger partial charge in [0.25, 0.3) is 0 Å². The second-order valence-electron chi connectivity index (χ2n) is 24.5. The van der Waals surface area contributed by atoms with Gasteiger partial charge in [0.05, 0.1) is 123 Å². The largest absolute Gasteiger partial charge is 0.308 e. The maximum absolute atomic E-state index is 4.71. The number of para-hydroxylation sites is 6. The van der Waals surface area contributed by atoms with E-state index < -0.39 is 0 Å². The van der Waals surface area contributed by atoms with Gasteiger partial charge in [-0.25, -0.2) is 0 Å². The van der Waals surface area contributed by atoms with Crippen LogP contribution in [-0.4, -0.2) is 19.1 Å². The maximum Gasteiger partial charge on any atom is 0.0725 e. The third-order valence-electron chi connectivity index (χ3n) is 19.6. The van der Waals surface area contributed by atoms with Crippen LogP contribution in [0.25, 0.3) is 117 Å². The summed E-state index contributed by atoms with van der Waals surface area (Å²) in [5, 5.41) is 14.2. The zero-order chi connectivity index (χ0) is 61.3. The van der Waals surface area contributed by atoms with Gasteiger partial charge in [-0.2, -0.15) is 0 Å². The summed E-state index contributed by atoms with van der Waals surface area (Å²) in [5.74, 6) is 0. The van der Waals surface area contributed by atoms with Crippen molar-refractivity contribution in [1.29, 1.82) is 0 Å². The summed E-state index contributed by atoms with van der Waals surface area (Å²) in [4.78, 5) is 19.7. The highest BCUT2D eigenvalue weighted by Gasteiger charge is 2.39. The van der Waals surface area contributed by atoms with E-state index in [9.17, 15) is 0 Å². The van der Waals surface area contributed by atoms with E-state index >= 15 is 0 Å². The smallest absolute Gasteiger partial charge is 0.0725 e. The summed E-state index contributed by atoms with van der Waals surface area (Å²) in [6, 6.07) is 104. The molecule has 0 bridgehead atoms. The molecular weight excluding hydrogens is 1190 g/mol. The number of hydrogen-bond acceptors (Lipinski definition) is 8. The number of pyridine rings is 2. The van der Waals surface area contributed by atoms with Crippen LogP contribution in [0.2, 0.25) is 0 Å². The van der Waals surface area contributed by atoms with Gasteiger partial charge in [0.2, 0.25) is 0 Å². The topological polar surface area (TPSA) is 48.6 Å². The molecule has 0 saturated heterocycles. The SMILES string of the molecule is c1cncc(-n2c3ccccc3c3cc4c(cc32)N(c2c3ccccc3c(N3c5ccccc5N(c5cccc6c5sc5ccccc56)c5cc6c7ccccc7n(-c7cccnc7)c6cc53)c3ccccc23)c2ccccc2N4c2cccc3c2sc2ccccc23)c1. The van der Waals surface area contributed by atoms with Crippen LogP contribution in [0, 0.1) is 0 Å². The molecule has 0 radical (unpaired) electrons. The summed E-state index contributed by atoms with van der Waals surface area (Å²) >= 11 is 3.74. The van der Waals surface area contributed by atoms with E-state index in [-0.39, 0.29) is 0 Å². The summed E-state index contributed by atoms with van der Waals surface area (Å²) in [7, 11) is 0. The lowest BCUT2D eigenvalue weighted by Gasteiger charge is -2.43. The van der Waals surface area contributed by atoms with Crippen LogP contribution in [0.5, 0.6) is 0 Å². The van der Waals surface area contributed by atoms with Gasteiger partial charge in [0.1, 0.15) is 0 Å². The minimum absolute atomic E-state index is 1.00. The molecule has 0 spiro atoms. The number of rotatable bonds is 6. The highest BCUT2D eigenvalue weighted by molar-refractivity contribution is 7.26. The van der Waals surface area contributed by atoms with Crippen molar-refractivity contribution < 1.29 is 0 Å². The van der Waals surface area contributed by atoms with E-state index in [0.717, 1.165) is 134 Å². The Kier molecular flexibility index (Phi) is 10.8. The molecule has 0 atom stereocenters. The molecular formula is C84H50N8S2. The first-order chi connectivity index (χ1) is 46.7. The number of nitrogens with zero attached hydrogens (tertiary/aromatic N) is 8. The van der Waals surface area contributed by atoms with Gasteiger partial charge in [-0.15, -0.1) is 22.7 Å². The summed E-state index contributed by atoms with van der Waals surface area (Å²) in [6.45, 7) is 0. The predicted octanol–water partition coefficient (Wildman–Crippen LogP) is 24.2. The van der Waals surface area contributed by atoms with Crippen LogP contribution in [-0.2, 0) is 0 Å². The van der Waals surface area contributed by atoms with Crippen LogP contribution in [0.15, 0.2) is 304 Å². The summed E-state index contributed by atoms with van der Waals surface area (Å²) < 4.78 is 9.82. The van der Waals surface area contributed by atoms with Crippen LogP contribution < -0.4 is 19.6 Å². The van der Waals surface area contributed by atoms with E-state index in [1.54, 1.807) is 0 Å². The van der Waals surface area contributed by atoms with Gasteiger partial charge >= 0.3 is 0 Å². The minimum atomic E-state index is 1.00. The van der Waals surface area contributed by atoms with Crippen molar-refractivity contribution in [3.05, 3.63) is 304 Å². The molecule has 438 valence electrons. The van der Waals surface area contributed by atoms with Crippen molar-refractivity contribution in [2.24, 2.45) is 0 Å². The highest BCUT2D eigenvalue weighted by Crippen LogP contribution is 2.63. The molecule has 0 amide bonds. The first-order valence-electron chi connectivity index (χ1n) is 31.8. The van der Waals surface area contributed by atoms with Gasteiger partial charge in [-0.1, -0.05) is 170 Å². The summed E-state index contributed by atoms with van der Waals surface area (Å²) in [5.41, 5.74) is 19.5. The third-order valence-corrected chi connectivity index (χ3v) is 22.0. The van der Waals surface area contributed by atoms with Gasteiger partial charge in [0.15, 0.2) is 0 Å². The second-order valence-corrected chi connectivity index (χ2v) is 26.6. The average Bonchev–Trinajstić information content (AvgIpc) is 0.985. The molecule has 10 heteroatoms. The zero-order valence-corrected chi connectivity index (χ0v) is 51.9. The molecule has 0 aliphatic carbocycles. The van der Waals surface area contributed by atoms with Crippen LogP contribution >= 0.6 is 22.7 Å². The molecule has 6 aromatic heterocycles. The molecule has 2 aliphatic heterocycles. The Morgan fingerprint density at radius 3 is 0.957 bits per heavy atom. The Morgan fingerprint density at radius 1 is 0.223 bits per heavy atom. The number of aromatic nitrogens is 4. The molecule has 94 heavy (non-hydrogen) atoms. The second kappa shape index (κ2) is 19.7. The van der Waals surface area contributed by atoms with Gasteiger partial charge in [-0.05, 0) is 109 Å². The number of anilines is 12. The Morgan fingerprint density at radius 2 is 0.553 bits per heavy atom. The van der Waals surface area contributed by atoms with Gasteiger partial charge in [0, 0.05) is 86.4 Å². The lowest BCUT2D eigenvalue weighted by atomic mass is 9.93. The first-order valence-corrected chi connectivity index (χ1v) is 33.4. The van der Waals surface area contributed by atoms with Crippen molar-refractivity contribution in [3.8, 4) is 11.4 Å². The number of benzene rings is 13. The Balaban J connectivity index is 0.875. The molecule has 8 nitrogen and oxygen atoms in total. The molecule has 13 aromatic carbocycles. The quantitative estimate of drug-likeness (QED) is 0.155. The zero-order valence-electron chi connectivity index (χ0n) is 50.3. The van der Waals surface area contributed by atoms with E-state index in [4.69, 9.17) is 9.97 Å². The Labute approximate surface area is 546 Å². The van der Waals surface area contributed by atoms with Crippen molar-refractivity contribution in [1.82, 2.24) is 19.1 Å². The van der Waals surface area contributed by atoms with Crippen LogP contribution in [0.3, 0.4) is 0 Å². The molecule has 21 rings (SSSR count). The predicted molar refractivity (Wildman–Crippen MR) is 397 cm³/mol. The fourth-order valence-corrected chi connectivity index (χ4v) is 18.2. The van der Waals surface area contributed by atoms with E-state index in [0.29, 0.717) is 0 Å². The number of thiophene rings is 2. The standard InChI is InChI=1S/C84H50N8S2/c1-2-28-58-57(27-1)81(91-69-37-13-11-35-67(69)89(71-39-17-31-61-55-25-7-15-41-79(55)93-83(61)71)75-45-63-53-23-5-9-33-65(53)87(73(63)47-77(75)91)51-21-19-43-85-49-51)59-29-3-4-30-60(59)82(58)92-70-38-14-12-36-68(70)90(72-40-18-32-62-56-26-8-16-42-80(56)94-84(62)72)76-46-64-54-24-6-10-34-66(54)88(74(64)48-78(76)92)52-22-20-44-86-50-52/h1-50H. The van der Waals surface area contributed by atoms with Crippen LogP contribution in [0.1, 0.15) is 0 Å². The molecule has 0 unspecified atom stereocenters. The monoisotopic (exact) mass is 1230 g/mol. The molecule has 0 N–H and O–H groups in total. The van der Waals surface area contributed by atoms with Gasteiger partial charge in [-0.3, -0.25) is 9.97 Å². The average molecular weight is 1240 g/mol. The van der Waals surface area contributed by atoms with Crippen molar-refractivity contribution in [2.75, 3.05) is 19.6 Å². The maximum atomic E-state index is 4.71. The van der Waals surface area contributed by atoms with Gasteiger partial charge < -0.3 is 28.7 Å². The van der Waals surface area contributed by atoms with Crippen molar-refractivity contribution in [2.45, 2.75) is 0 Å².